The van der Waals surface area contributed by atoms with Gasteiger partial charge in [0.25, 0.3) is 5.91 Å². The molecule has 5 nitrogen and oxygen atoms in total. The highest BCUT2D eigenvalue weighted by Gasteiger charge is 2.22. The molecule has 0 bridgehead atoms. The summed E-state index contributed by atoms with van der Waals surface area (Å²) >= 11 is 6.25. The lowest BCUT2D eigenvalue weighted by Gasteiger charge is -2.14. The fraction of sp³-hybridized carbons (Fsp3) is 0.350. The smallest absolute Gasteiger partial charge is 0.264 e. The van der Waals surface area contributed by atoms with E-state index < -0.39 is 0 Å². The van der Waals surface area contributed by atoms with Gasteiger partial charge >= 0.3 is 0 Å². The topological polar surface area (TPSA) is 61.9 Å². The van der Waals surface area contributed by atoms with E-state index in [2.05, 4.69) is 11.2 Å². The van der Waals surface area contributed by atoms with E-state index in [-0.39, 0.29) is 11.5 Å². The third-order valence-corrected chi connectivity index (χ3v) is 5.12. The normalized spacial score (nSPS) is 14.5. The van der Waals surface area contributed by atoms with Gasteiger partial charge in [-0.15, -0.1) is 0 Å². The molecular formula is C20H21ClN4O. The van der Waals surface area contributed by atoms with Gasteiger partial charge in [0, 0.05) is 29.4 Å². The summed E-state index contributed by atoms with van der Waals surface area (Å²) in [6, 6.07) is 9.71. The molecule has 0 radical (unpaired) electrons. The van der Waals surface area contributed by atoms with Crippen LogP contribution in [0.25, 0.3) is 6.08 Å². The van der Waals surface area contributed by atoms with Gasteiger partial charge in [-0.05, 0) is 44.4 Å². The number of carbonyl (C=O) groups excluding carboxylic acids is 1. The lowest BCUT2D eigenvalue weighted by molar-refractivity contribution is -0.125. The van der Waals surface area contributed by atoms with Crippen LogP contribution in [-0.2, 0) is 11.3 Å². The maximum Gasteiger partial charge on any atom is 0.264 e. The van der Waals surface area contributed by atoms with Crippen molar-refractivity contribution >= 4 is 23.6 Å². The average molecular weight is 369 g/mol. The third kappa shape index (κ3) is 3.66. The summed E-state index contributed by atoms with van der Waals surface area (Å²) in [6.07, 6.45) is 3.66. The molecule has 1 aliphatic heterocycles. The molecule has 1 aliphatic rings. The lowest BCUT2D eigenvalue weighted by Crippen LogP contribution is -2.28. The fourth-order valence-corrected chi connectivity index (χ4v) is 3.43. The van der Waals surface area contributed by atoms with Crippen molar-refractivity contribution in [3.63, 3.8) is 0 Å². The summed E-state index contributed by atoms with van der Waals surface area (Å²) in [4.78, 5) is 14.3. The number of nitriles is 1. The number of aryl methyl sites for hydroxylation is 1. The molecular weight excluding hydrogens is 348 g/mol. The summed E-state index contributed by atoms with van der Waals surface area (Å²) < 4.78 is 1.86. The number of halogens is 1. The minimum atomic E-state index is -0.192. The Morgan fingerprint density at radius 3 is 2.65 bits per heavy atom. The second-order valence-corrected chi connectivity index (χ2v) is 6.91. The third-order valence-electron chi connectivity index (χ3n) is 4.75. The van der Waals surface area contributed by atoms with E-state index in [9.17, 15) is 10.1 Å². The monoisotopic (exact) mass is 368 g/mol. The number of hydrogen-bond acceptors (Lipinski definition) is 3. The first-order valence-electron chi connectivity index (χ1n) is 8.69. The molecule has 1 fully saturated rings. The minimum Gasteiger partial charge on any atom is -0.338 e. The van der Waals surface area contributed by atoms with Crippen molar-refractivity contribution in [2.24, 2.45) is 0 Å². The maximum atomic E-state index is 12.5. The SMILES string of the molecule is Cc1nn(Cc2ccccc2Cl)c(C)c1/C=C(\C#N)C(=O)N1CCCC1. The molecule has 1 aromatic carbocycles. The molecule has 3 rings (SSSR count). The molecule has 0 saturated carbocycles. The molecule has 1 saturated heterocycles. The molecule has 134 valence electrons. The summed E-state index contributed by atoms with van der Waals surface area (Å²) in [6.45, 7) is 5.82. The second kappa shape index (κ2) is 7.76. The summed E-state index contributed by atoms with van der Waals surface area (Å²) in [5, 5.41) is 14.7. The van der Waals surface area contributed by atoms with E-state index in [1.807, 2.05) is 42.8 Å². The Balaban J connectivity index is 1.91. The molecule has 0 spiro atoms. The van der Waals surface area contributed by atoms with Crippen LogP contribution in [0.2, 0.25) is 5.02 Å². The first-order chi connectivity index (χ1) is 12.5. The van der Waals surface area contributed by atoms with E-state index in [4.69, 9.17) is 11.6 Å². The zero-order valence-electron chi connectivity index (χ0n) is 15.0. The summed E-state index contributed by atoms with van der Waals surface area (Å²) in [7, 11) is 0. The average Bonchev–Trinajstić information content (AvgIpc) is 3.25. The summed E-state index contributed by atoms with van der Waals surface area (Å²) in [5.74, 6) is -0.192. The number of nitrogens with zero attached hydrogens (tertiary/aromatic N) is 4. The highest BCUT2D eigenvalue weighted by molar-refractivity contribution is 6.31. The van der Waals surface area contributed by atoms with Crippen molar-refractivity contribution in [3.05, 3.63) is 57.4 Å². The molecule has 1 aromatic heterocycles. The van der Waals surface area contributed by atoms with Crippen molar-refractivity contribution < 1.29 is 4.79 Å². The van der Waals surface area contributed by atoms with E-state index in [0.717, 1.165) is 48.4 Å². The first kappa shape index (κ1) is 18.2. The number of hydrogen-bond donors (Lipinski definition) is 0. The zero-order chi connectivity index (χ0) is 18.7. The van der Waals surface area contributed by atoms with E-state index in [0.29, 0.717) is 11.6 Å². The maximum absolute atomic E-state index is 12.5. The van der Waals surface area contributed by atoms with Gasteiger partial charge in [0.1, 0.15) is 11.6 Å². The van der Waals surface area contributed by atoms with Gasteiger partial charge in [0.15, 0.2) is 0 Å². The van der Waals surface area contributed by atoms with Crippen molar-refractivity contribution in [2.75, 3.05) is 13.1 Å². The molecule has 0 unspecified atom stereocenters. The predicted octanol–water partition coefficient (Wildman–Crippen LogP) is 3.73. The molecule has 1 amide bonds. The molecule has 2 heterocycles. The van der Waals surface area contributed by atoms with Gasteiger partial charge in [-0.3, -0.25) is 9.48 Å². The van der Waals surface area contributed by atoms with Gasteiger partial charge in [0.05, 0.1) is 12.2 Å². The Morgan fingerprint density at radius 2 is 2.00 bits per heavy atom. The quantitative estimate of drug-likeness (QED) is 0.610. The van der Waals surface area contributed by atoms with Gasteiger partial charge in [-0.2, -0.15) is 10.4 Å². The minimum absolute atomic E-state index is 0.162. The van der Waals surface area contributed by atoms with Crippen LogP contribution in [0, 0.1) is 25.2 Å². The molecule has 0 N–H and O–H groups in total. The fourth-order valence-electron chi connectivity index (χ4n) is 3.24. The second-order valence-electron chi connectivity index (χ2n) is 6.50. The van der Waals surface area contributed by atoms with Gasteiger partial charge in [0.2, 0.25) is 0 Å². The lowest BCUT2D eigenvalue weighted by atomic mass is 10.1. The Bertz CT molecular complexity index is 901. The highest BCUT2D eigenvalue weighted by atomic mass is 35.5. The Hall–Kier alpha value is -2.58. The van der Waals surface area contributed by atoms with Gasteiger partial charge in [-0.1, -0.05) is 29.8 Å². The Labute approximate surface area is 158 Å². The van der Waals surface area contributed by atoms with Crippen LogP contribution in [0.1, 0.15) is 35.4 Å². The van der Waals surface area contributed by atoms with Crippen LogP contribution in [0.4, 0.5) is 0 Å². The highest BCUT2D eigenvalue weighted by Crippen LogP contribution is 2.22. The number of amides is 1. The van der Waals surface area contributed by atoms with Crippen LogP contribution in [0.5, 0.6) is 0 Å². The van der Waals surface area contributed by atoms with E-state index in [1.165, 1.54) is 0 Å². The number of carbonyl (C=O) groups is 1. The molecule has 2 aromatic rings. The van der Waals surface area contributed by atoms with E-state index in [1.54, 1.807) is 11.0 Å². The zero-order valence-corrected chi connectivity index (χ0v) is 15.8. The first-order valence-corrected chi connectivity index (χ1v) is 9.07. The van der Waals surface area contributed by atoms with Crippen molar-refractivity contribution in [3.8, 4) is 6.07 Å². The predicted molar refractivity (Wildman–Crippen MR) is 102 cm³/mol. The van der Waals surface area contributed by atoms with Gasteiger partial charge in [-0.25, -0.2) is 0 Å². The van der Waals surface area contributed by atoms with Crippen LogP contribution >= 0.6 is 11.6 Å². The van der Waals surface area contributed by atoms with Crippen molar-refractivity contribution in [2.45, 2.75) is 33.2 Å². The van der Waals surface area contributed by atoms with Crippen molar-refractivity contribution in [1.82, 2.24) is 14.7 Å². The van der Waals surface area contributed by atoms with Crippen LogP contribution in [-0.4, -0.2) is 33.7 Å². The van der Waals surface area contributed by atoms with Crippen LogP contribution in [0.15, 0.2) is 29.8 Å². The molecule has 0 atom stereocenters. The van der Waals surface area contributed by atoms with Crippen LogP contribution in [0.3, 0.4) is 0 Å². The molecule has 0 aliphatic carbocycles. The Morgan fingerprint density at radius 1 is 1.31 bits per heavy atom. The number of aromatic nitrogens is 2. The summed E-state index contributed by atoms with van der Waals surface area (Å²) in [5.41, 5.74) is 3.65. The number of benzene rings is 1. The van der Waals surface area contributed by atoms with Crippen LogP contribution < -0.4 is 0 Å². The molecule has 6 heteroatoms. The molecule has 26 heavy (non-hydrogen) atoms. The van der Waals surface area contributed by atoms with E-state index >= 15 is 0 Å². The largest absolute Gasteiger partial charge is 0.338 e. The standard InChI is InChI=1S/C20H21ClN4O/c1-14-18(11-17(12-22)20(26)24-9-5-6-10-24)15(2)25(23-14)13-16-7-3-4-8-19(16)21/h3-4,7-8,11H,5-6,9-10,13H2,1-2H3/b17-11+. The number of rotatable bonds is 4. The van der Waals surface area contributed by atoms with Gasteiger partial charge < -0.3 is 4.90 Å². The number of likely N-dealkylation sites (tertiary alicyclic amines) is 1. The Kier molecular flexibility index (Phi) is 5.43. The van der Waals surface area contributed by atoms with Crippen molar-refractivity contribution in [1.29, 1.82) is 5.26 Å².